The van der Waals surface area contributed by atoms with Gasteiger partial charge in [0.05, 0.1) is 30.4 Å². The second-order valence-electron chi connectivity index (χ2n) is 9.36. The van der Waals surface area contributed by atoms with Crippen molar-refractivity contribution in [1.82, 2.24) is 10.2 Å². The fourth-order valence-corrected chi connectivity index (χ4v) is 5.60. The first-order chi connectivity index (χ1) is 15.7. The molecule has 2 N–H and O–H groups in total. The first-order valence-electron chi connectivity index (χ1n) is 11.7. The molecule has 0 radical (unpaired) electrons. The summed E-state index contributed by atoms with van der Waals surface area (Å²) in [6.07, 6.45) is 7.87. The Bertz CT molecular complexity index is 992. The predicted molar refractivity (Wildman–Crippen MR) is 124 cm³/mol. The number of amides is 2. The lowest BCUT2D eigenvalue weighted by molar-refractivity contribution is -0.134. The van der Waals surface area contributed by atoms with Crippen LogP contribution < -0.4 is 14.8 Å². The van der Waals surface area contributed by atoms with Crippen LogP contribution in [0.2, 0.25) is 0 Å². The molecule has 2 fully saturated rings. The van der Waals surface area contributed by atoms with Gasteiger partial charge < -0.3 is 19.7 Å². The standard InChI is InChI=1S/C23H33N3O6S/c1-26-19-10-9-17(13-22(27)24-15-6-4-3-5-7-15)32-21(19)14-31-20-11-8-16(25-33(2,29)30)12-18(20)23(26)28/h8,11-12,15,17,19,21,25H,3-7,9-10,13-14H2,1-2H3,(H,24,27)/t17-,19-,21+/m1/s1. The lowest BCUT2D eigenvalue weighted by atomic mass is 9.93. The maximum absolute atomic E-state index is 13.2. The highest BCUT2D eigenvalue weighted by atomic mass is 32.2. The number of nitrogens with zero attached hydrogens (tertiary/aromatic N) is 1. The molecular weight excluding hydrogens is 446 g/mol. The summed E-state index contributed by atoms with van der Waals surface area (Å²) in [6, 6.07) is 4.74. The van der Waals surface area contributed by atoms with E-state index in [9.17, 15) is 18.0 Å². The largest absolute Gasteiger partial charge is 0.490 e. The highest BCUT2D eigenvalue weighted by Crippen LogP contribution is 2.32. The molecule has 0 spiro atoms. The zero-order valence-corrected chi connectivity index (χ0v) is 20.0. The highest BCUT2D eigenvalue weighted by Gasteiger charge is 2.39. The molecule has 182 valence electrons. The molecule has 3 aliphatic rings. The third-order valence-electron chi connectivity index (χ3n) is 6.70. The fraction of sp³-hybridized carbons (Fsp3) is 0.652. The molecule has 3 atom stereocenters. The van der Waals surface area contributed by atoms with Gasteiger partial charge in [-0.3, -0.25) is 14.3 Å². The normalized spacial score (nSPS) is 26.3. The number of hydrogen-bond acceptors (Lipinski definition) is 6. The maximum Gasteiger partial charge on any atom is 0.257 e. The van der Waals surface area contributed by atoms with Gasteiger partial charge in [-0.1, -0.05) is 19.3 Å². The van der Waals surface area contributed by atoms with Crippen molar-refractivity contribution in [3.05, 3.63) is 23.8 Å². The Labute approximate surface area is 195 Å². The summed E-state index contributed by atoms with van der Waals surface area (Å²) < 4.78 is 37.7. The summed E-state index contributed by atoms with van der Waals surface area (Å²) in [5.41, 5.74) is 0.612. The van der Waals surface area contributed by atoms with Crippen LogP contribution in [0.4, 0.5) is 5.69 Å². The van der Waals surface area contributed by atoms with Crippen LogP contribution in [0.25, 0.3) is 0 Å². The predicted octanol–water partition coefficient (Wildman–Crippen LogP) is 2.28. The van der Waals surface area contributed by atoms with Crippen LogP contribution in [0.15, 0.2) is 18.2 Å². The molecule has 0 aromatic heterocycles. The number of fused-ring (bicyclic) bond motifs is 2. The minimum Gasteiger partial charge on any atom is -0.490 e. The molecule has 4 rings (SSSR count). The Morgan fingerprint density at radius 3 is 2.64 bits per heavy atom. The van der Waals surface area contributed by atoms with Gasteiger partial charge in [0.1, 0.15) is 18.5 Å². The number of nitrogens with one attached hydrogen (secondary N) is 2. The molecule has 0 bridgehead atoms. The number of ether oxygens (including phenoxy) is 2. The summed E-state index contributed by atoms with van der Waals surface area (Å²) >= 11 is 0. The number of hydrogen-bond donors (Lipinski definition) is 2. The summed E-state index contributed by atoms with van der Waals surface area (Å²) in [7, 11) is -1.74. The molecule has 1 aromatic carbocycles. The van der Waals surface area contributed by atoms with Gasteiger partial charge in [0, 0.05) is 18.8 Å². The second-order valence-corrected chi connectivity index (χ2v) is 11.1. The first-order valence-corrected chi connectivity index (χ1v) is 13.6. The Balaban J connectivity index is 1.42. The molecule has 2 aliphatic heterocycles. The van der Waals surface area contributed by atoms with Gasteiger partial charge in [0.15, 0.2) is 0 Å². The van der Waals surface area contributed by atoms with E-state index in [1.54, 1.807) is 24.1 Å². The number of benzene rings is 1. The van der Waals surface area contributed by atoms with Crippen molar-refractivity contribution in [2.45, 2.75) is 75.7 Å². The maximum atomic E-state index is 13.2. The Kier molecular flexibility index (Phi) is 7.13. The Morgan fingerprint density at radius 2 is 1.91 bits per heavy atom. The number of sulfonamides is 1. The van der Waals surface area contributed by atoms with E-state index in [2.05, 4.69) is 10.0 Å². The van der Waals surface area contributed by atoms with Crippen molar-refractivity contribution < 1.29 is 27.5 Å². The number of carbonyl (C=O) groups is 2. The first kappa shape index (κ1) is 23.8. The van der Waals surface area contributed by atoms with E-state index in [0.717, 1.165) is 19.1 Å². The lowest BCUT2D eigenvalue weighted by Crippen LogP contribution is -2.54. The van der Waals surface area contributed by atoms with Crippen molar-refractivity contribution in [1.29, 1.82) is 0 Å². The summed E-state index contributed by atoms with van der Waals surface area (Å²) in [5, 5.41) is 3.15. The molecule has 2 amide bonds. The SMILES string of the molecule is CN1C(=O)c2cc(NS(C)(=O)=O)ccc2OC[C@@H]2O[C@@H](CC(=O)NC3CCCCC3)CC[C@H]21. The van der Waals surface area contributed by atoms with E-state index in [1.165, 1.54) is 25.3 Å². The highest BCUT2D eigenvalue weighted by molar-refractivity contribution is 7.92. The molecule has 1 aliphatic carbocycles. The van der Waals surface area contributed by atoms with Crippen LogP contribution in [0.1, 0.15) is 61.7 Å². The van der Waals surface area contributed by atoms with E-state index in [-0.39, 0.29) is 42.7 Å². The summed E-state index contributed by atoms with van der Waals surface area (Å²) in [5.74, 6) is 0.150. The number of likely N-dealkylation sites (N-methyl/N-ethyl adjacent to an activating group) is 1. The van der Waals surface area contributed by atoms with Crippen LogP contribution in [0, 0.1) is 0 Å². The summed E-state index contributed by atoms with van der Waals surface area (Å²) in [4.78, 5) is 27.4. The van der Waals surface area contributed by atoms with E-state index >= 15 is 0 Å². The molecule has 9 nitrogen and oxygen atoms in total. The topological polar surface area (TPSA) is 114 Å². The number of rotatable bonds is 5. The molecule has 2 heterocycles. The van der Waals surface area contributed by atoms with Gasteiger partial charge in [-0.15, -0.1) is 0 Å². The quantitative estimate of drug-likeness (QED) is 0.670. The Morgan fingerprint density at radius 1 is 1.15 bits per heavy atom. The molecule has 1 saturated carbocycles. The zero-order chi connectivity index (χ0) is 23.6. The van der Waals surface area contributed by atoms with Crippen molar-refractivity contribution in [3.63, 3.8) is 0 Å². The van der Waals surface area contributed by atoms with Crippen LogP contribution in [-0.4, -0.2) is 69.3 Å². The van der Waals surface area contributed by atoms with Crippen LogP contribution >= 0.6 is 0 Å². The average molecular weight is 480 g/mol. The van der Waals surface area contributed by atoms with Crippen LogP contribution in [-0.2, 0) is 19.6 Å². The van der Waals surface area contributed by atoms with E-state index in [1.807, 2.05) is 0 Å². The van der Waals surface area contributed by atoms with Gasteiger partial charge in [-0.05, 0) is 43.9 Å². The average Bonchev–Trinajstić information content (AvgIpc) is 2.76. The number of carbonyl (C=O) groups excluding carboxylic acids is 2. The van der Waals surface area contributed by atoms with E-state index in [4.69, 9.17) is 9.47 Å². The molecule has 1 saturated heterocycles. The molecular formula is C23H33N3O6S. The van der Waals surface area contributed by atoms with Gasteiger partial charge in [0.25, 0.3) is 5.91 Å². The van der Waals surface area contributed by atoms with E-state index in [0.29, 0.717) is 36.3 Å². The van der Waals surface area contributed by atoms with Crippen LogP contribution in [0.3, 0.4) is 0 Å². The van der Waals surface area contributed by atoms with Gasteiger partial charge in [-0.2, -0.15) is 0 Å². The van der Waals surface area contributed by atoms with Crippen molar-refractivity contribution in [2.24, 2.45) is 0 Å². The number of anilines is 1. The van der Waals surface area contributed by atoms with Gasteiger partial charge >= 0.3 is 0 Å². The van der Waals surface area contributed by atoms with E-state index < -0.39 is 10.0 Å². The van der Waals surface area contributed by atoms with Crippen LogP contribution in [0.5, 0.6) is 5.75 Å². The molecule has 33 heavy (non-hydrogen) atoms. The van der Waals surface area contributed by atoms with Crippen molar-refractivity contribution >= 4 is 27.5 Å². The lowest BCUT2D eigenvalue weighted by Gasteiger charge is -2.42. The minimum absolute atomic E-state index is 0.0257. The fourth-order valence-electron chi connectivity index (χ4n) is 5.05. The monoisotopic (exact) mass is 479 g/mol. The second kappa shape index (κ2) is 9.89. The molecule has 1 aromatic rings. The molecule has 0 unspecified atom stereocenters. The zero-order valence-electron chi connectivity index (χ0n) is 19.2. The smallest absolute Gasteiger partial charge is 0.257 e. The summed E-state index contributed by atoms with van der Waals surface area (Å²) in [6.45, 7) is 0.245. The van der Waals surface area contributed by atoms with Gasteiger partial charge in [-0.25, -0.2) is 8.42 Å². The molecule has 10 heteroatoms. The minimum atomic E-state index is -3.46. The van der Waals surface area contributed by atoms with Gasteiger partial charge in [0.2, 0.25) is 15.9 Å². The van der Waals surface area contributed by atoms with Crippen molar-refractivity contribution in [2.75, 3.05) is 24.6 Å². The van der Waals surface area contributed by atoms with Crippen molar-refractivity contribution in [3.8, 4) is 5.75 Å². The Hall–Kier alpha value is -2.33. The third-order valence-corrected chi connectivity index (χ3v) is 7.30. The third kappa shape index (κ3) is 5.97.